The number of carboxylic acid groups (broad SMARTS) is 3. The molecule has 0 radical (unpaired) electrons. The van der Waals surface area contributed by atoms with Gasteiger partial charge >= 0.3 is 88.7 Å². The molecule has 0 aromatic carbocycles. The molecule has 8 nitrogen and oxygen atoms in total. The van der Waals surface area contributed by atoms with Gasteiger partial charge in [-0.2, -0.15) is 0 Å². The summed E-state index contributed by atoms with van der Waals surface area (Å²) in [5, 5.41) is 45.9. The Hall–Kier alpha value is 1.33. The fourth-order valence-corrected chi connectivity index (χ4v) is 0.684. The van der Waals surface area contributed by atoms with Crippen LogP contribution in [0.2, 0.25) is 0 Å². The fraction of sp³-hybridized carbons (Fsp3) is 0.571. The Balaban J connectivity index is -0.000000107. The minimum Gasteiger partial charge on any atom is -0.550 e. The maximum Gasteiger partial charge on any atom is 1.00 e. The van der Waals surface area contributed by atoms with Crippen LogP contribution in [0, 0.1) is 0 Å². The molecule has 0 rings (SSSR count). The second-order valence-corrected chi connectivity index (χ2v) is 2.42. The van der Waals surface area contributed by atoms with E-state index in [4.69, 9.17) is 10.2 Å². The molecule has 0 amide bonds. The van der Waals surface area contributed by atoms with E-state index in [0.717, 1.165) is 7.11 Å². The van der Waals surface area contributed by atoms with Gasteiger partial charge in [0.1, 0.15) is 5.60 Å². The zero-order valence-corrected chi connectivity index (χ0v) is 16.8. The smallest absolute Gasteiger partial charge is 0.550 e. The fourth-order valence-electron chi connectivity index (χ4n) is 0.684. The Labute approximate surface area is 170 Å². The Kier molecular flexibility index (Phi) is 28.8. The van der Waals surface area contributed by atoms with Crippen LogP contribution in [-0.2, 0) is 14.4 Å². The summed E-state index contributed by atoms with van der Waals surface area (Å²) in [6.45, 7) is 0. The van der Waals surface area contributed by atoms with Crippen molar-refractivity contribution in [2.24, 2.45) is 0 Å². The predicted octanol–water partition coefficient (Wildman–Crippen LogP) is -14.6. The zero-order valence-electron chi connectivity index (χ0n) is 10.8. The molecule has 0 spiro atoms. The molecule has 0 unspecified atom stereocenters. The first kappa shape index (κ1) is 31.6. The summed E-state index contributed by atoms with van der Waals surface area (Å²) in [5.41, 5.74) is -2.97. The van der Waals surface area contributed by atoms with Crippen LogP contribution in [0.25, 0.3) is 0 Å². The van der Waals surface area contributed by atoms with Crippen molar-refractivity contribution in [2.45, 2.75) is 18.4 Å². The zero-order chi connectivity index (χ0) is 12.6. The topological polar surface area (TPSA) is 161 Å². The Morgan fingerprint density at radius 2 is 1.11 bits per heavy atom. The maximum atomic E-state index is 10.1. The standard InChI is InChI=1S/C6H8O7.CH4O.3Na/c7-3(8)1-6(13,5(11)12)2-4(9)10;1-2;;;/h13H,1-2H2,(H,7,8)(H,9,10)(H,11,12);2H,1H3;;;/q;;3*+1/p-3. The molecule has 0 aliphatic rings. The van der Waals surface area contributed by atoms with Crippen molar-refractivity contribution in [3.63, 3.8) is 0 Å². The molecule has 0 fully saturated rings. The molecular weight excluding hydrogens is 281 g/mol. The van der Waals surface area contributed by atoms with Crippen molar-refractivity contribution < 1.29 is 129 Å². The number of carbonyl (C=O) groups excluding carboxylic acids is 3. The summed E-state index contributed by atoms with van der Waals surface area (Å²) in [5.74, 6) is -5.98. The van der Waals surface area contributed by atoms with Gasteiger partial charge in [0.2, 0.25) is 0 Å². The van der Waals surface area contributed by atoms with Crippen LogP contribution in [0.5, 0.6) is 0 Å². The van der Waals surface area contributed by atoms with Crippen LogP contribution >= 0.6 is 0 Å². The summed E-state index contributed by atoms with van der Waals surface area (Å²) in [4.78, 5) is 30.0. The monoisotopic (exact) mass is 290 g/mol. The maximum absolute atomic E-state index is 10.1. The molecule has 0 saturated carbocycles. The first-order chi connectivity index (χ1) is 6.78. The predicted molar refractivity (Wildman–Crippen MR) is 37.3 cm³/mol. The number of carbonyl (C=O) groups is 3. The number of hydrogen-bond donors (Lipinski definition) is 2. The van der Waals surface area contributed by atoms with E-state index < -0.39 is 36.4 Å². The molecule has 0 heterocycles. The molecule has 0 atom stereocenters. The van der Waals surface area contributed by atoms with Crippen molar-refractivity contribution in [1.29, 1.82) is 0 Å². The van der Waals surface area contributed by atoms with E-state index in [9.17, 15) is 29.7 Å². The van der Waals surface area contributed by atoms with Crippen LogP contribution in [0.15, 0.2) is 0 Å². The van der Waals surface area contributed by atoms with Gasteiger partial charge in [-0.15, -0.1) is 0 Å². The molecule has 11 heteroatoms. The van der Waals surface area contributed by atoms with Crippen LogP contribution in [-0.4, -0.2) is 40.8 Å². The van der Waals surface area contributed by atoms with Gasteiger partial charge in [-0.25, -0.2) is 0 Å². The van der Waals surface area contributed by atoms with E-state index >= 15 is 0 Å². The second kappa shape index (κ2) is 16.4. The summed E-state index contributed by atoms with van der Waals surface area (Å²) in [7, 11) is 1.00. The van der Waals surface area contributed by atoms with E-state index in [0.29, 0.717) is 0 Å². The summed E-state index contributed by atoms with van der Waals surface area (Å²) >= 11 is 0. The van der Waals surface area contributed by atoms with Crippen molar-refractivity contribution >= 4 is 17.9 Å². The van der Waals surface area contributed by atoms with Crippen molar-refractivity contribution in [1.82, 2.24) is 0 Å². The third-order valence-corrected chi connectivity index (χ3v) is 1.25. The van der Waals surface area contributed by atoms with E-state index in [1.807, 2.05) is 0 Å². The second-order valence-electron chi connectivity index (χ2n) is 2.42. The Morgan fingerprint density at radius 3 is 1.22 bits per heavy atom. The molecule has 2 N–H and O–H groups in total. The minimum absolute atomic E-state index is 0. The SMILES string of the molecule is CO.O=C([O-])CC(O)(CC(=O)[O-])C(=O)[O-].[Na+].[Na+].[Na+]. The largest absolute Gasteiger partial charge is 1.00 e. The van der Waals surface area contributed by atoms with E-state index in [-0.39, 0.29) is 88.7 Å². The first-order valence-electron chi connectivity index (χ1n) is 3.56. The average Bonchev–Trinajstić information content (AvgIpc) is 2.04. The summed E-state index contributed by atoms with van der Waals surface area (Å²) < 4.78 is 0. The van der Waals surface area contributed by atoms with Crippen LogP contribution < -0.4 is 104 Å². The van der Waals surface area contributed by atoms with Gasteiger partial charge in [0.25, 0.3) is 0 Å². The molecule has 0 aromatic heterocycles. The van der Waals surface area contributed by atoms with Gasteiger partial charge in [-0.1, -0.05) is 0 Å². The Morgan fingerprint density at radius 1 is 0.889 bits per heavy atom. The number of hydrogen-bond acceptors (Lipinski definition) is 8. The van der Waals surface area contributed by atoms with Gasteiger partial charge < -0.3 is 39.9 Å². The molecule has 0 aromatic rings. The molecule has 0 saturated heterocycles. The molecule has 18 heavy (non-hydrogen) atoms. The molecule has 0 aliphatic carbocycles. The number of aliphatic hydroxyl groups excluding tert-OH is 1. The summed E-state index contributed by atoms with van der Waals surface area (Å²) in [6.07, 6.45) is -2.72. The Bertz CT molecular complexity index is 241. The van der Waals surface area contributed by atoms with Gasteiger partial charge in [-0.05, 0) is 0 Å². The van der Waals surface area contributed by atoms with Gasteiger partial charge in [-0.3, -0.25) is 0 Å². The number of aliphatic hydroxyl groups is 2. The summed E-state index contributed by atoms with van der Waals surface area (Å²) in [6, 6.07) is 0. The third kappa shape index (κ3) is 15.4. The average molecular weight is 290 g/mol. The van der Waals surface area contributed by atoms with Crippen molar-refractivity contribution in [3.05, 3.63) is 0 Å². The molecular formula is C7H9Na3O8. The van der Waals surface area contributed by atoms with Gasteiger partial charge in [0.05, 0.1) is 5.97 Å². The third-order valence-electron chi connectivity index (χ3n) is 1.25. The van der Waals surface area contributed by atoms with Crippen molar-refractivity contribution in [3.8, 4) is 0 Å². The molecule has 88 valence electrons. The van der Waals surface area contributed by atoms with E-state index in [1.54, 1.807) is 0 Å². The van der Waals surface area contributed by atoms with E-state index in [1.165, 1.54) is 0 Å². The minimum atomic E-state index is -2.97. The van der Waals surface area contributed by atoms with E-state index in [2.05, 4.69) is 0 Å². The van der Waals surface area contributed by atoms with Crippen LogP contribution in [0.4, 0.5) is 0 Å². The van der Waals surface area contributed by atoms with Crippen LogP contribution in [0.3, 0.4) is 0 Å². The van der Waals surface area contributed by atoms with Gasteiger partial charge in [0.15, 0.2) is 0 Å². The number of rotatable bonds is 5. The van der Waals surface area contributed by atoms with Crippen LogP contribution in [0.1, 0.15) is 12.8 Å². The number of aliphatic carboxylic acids is 3. The molecule has 0 bridgehead atoms. The quantitative estimate of drug-likeness (QED) is 0.472. The first-order valence-corrected chi connectivity index (χ1v) is 3.56. The van der Waals surface area contributed by atoms with Crippen molar-refractivity contribution in [2.75, 3.05) is 7.11 Å². The number of carboxylic acids is 3. The molecule has 0 aliphatic heterocycles. The normalized spacial score (nSPS) is 8.17. The van der Waals surface area contributed by atoms with Gasteiger partial charge in [0, 0.05) is 31.9 Å².